The Balaban J connectivity index is 2.41. The van der Waals surface area contributed by atoms with E-state index >= 15 is 0 Å². The van der Waals surface area contributed by atoms with E-state index in [1.54, 1.807) is 0 Å². The Morgan fingerprint density at radius 2 is 1.75 bits per heavy atom. The van der Waals surface area contributed by atoms with Gasteiger partial charge in [-0.15, -0.1) is 0 Å². The first kappa shape index (κ1) is 18.5. The third kappa shape index (κ3) is 5.71. The molecule has 0 aliphatic rings. The molecular weight excluding hydrogens is 615 g/mol. The Morgan fingerprint density at radius 3 is 2.25 bits per heavy atom. The molecule has 1 aromatic carbocycles. The van der Waals surface area contributed by atoms with Crippen LogP contribution >= 0.6 is 67.8 Å². The minimum absolute atomic E-state index is 0.0513. The molecule has 0 saturated heterocycles. The molecule has 4 nitrogen and oxygen atoms in total. The molecule has 0 fully saturated rings. The Hall–Kier alpha value is 0.500. The molecule has 0 radical (unpaired) electrons. The topological polar surface area (TPSA) is 58.6 Å². The Kier molecular flexibility index (Phi) is 7.62. The predicted octanol–water partition coefficient (Wildman–Crippen LogP) is 2.28. The molecule has 0 atom stereocenters. The van der Waals surface area contributed by atoms with E-state index < -0.39 is 18.5 Å². The average molecular weight is 623 g/mol. The van der Waals surface area contributed by atoms with Gasteiger partial charge in [-0.1, -0.05) is 0 Å². The highest BCUT2D eigenvalue weighted by Gasteiger charge is 2.31. The van der Waals surface area contributed by atoms with Gasteiger partial charge < -0.3 is 19.4 Å². The molecule has 0 aliphatic carbocycles. The van der Waals surface area contributed by atoms with Gasteiger partial charge in [-0.3, -0.25) is 0 Å². The summed E-state index contributed by atoms with van der Waals surface area (Å²) in [7, 11) is 0. The van der Waals surface area contributed by atoms with Crippen LogP contribution in [0.3, 0.4) is 0 Å². The summed E-state index contributed by atoms with van der Waals surface area (Å²) >= 11 is 6.40. The van der Waals surface area contributed by atoms with Crippen molar-refractivity contribution >= 4 is 73.7 Å². The van der Waals surface area contributed by atoms with Crippen molar-refractivity contribution in [1.29, 1.82) is 0 Å². The zero-order valence-electron chi connectivity index (χ0n) is 9.80. The number of ether oxygens (including phenoxy) is 2. The van der Waals surface area contributed by atoms with Crippen molar-refractivity contribution in [2.75, 3.05) is 19.8 Å². The van der Waals surface area contributed by atoms with Crippen molar-refractivity contribution < 1.29 is 28.2 Å². The highest BCUT2D eigenvalue weighted by atomic mass is 127. The van der Waals surface area contributed by atoms with Gasteiger partial charge in [0.25, 0.3) is 0 Å². The van der Waals surface area contributed by atoms with Gasteiger partial charge in [0, 0.05) is 3.57 Å². The SMILES string of the molecule is O=C([O-])C(F)(F)COCCOc1c(I)cc(I)cc1I. The summed E-state index contributed by atoms with van der Waals surface area (Å²) in [5.74, 6) is -5.77. The number of carbonyl (C=O) groups excluding carboxylic acids is 1. The average Bonchev–Trinajstić information content (AvgIpc) is 2.31. The Morgan fingerprint density at radius 1 is 1.20 bits per heavy atom. The molecular formula is C11H8F2I3O4-. The molecule has 0 aromatic heterocycles. The molecule has 112 valence electrons. The van der Waals surface area contributed by atoms with E-state index in [0.29, 0.717) is 5.75 Å². The number of carbonyl (C=O) groups is 1. The summed E-state index contributed by atoms with van der Waals surface area (Å²) in [4.78, 5) is 10.1. The summed E-state index contributed by atoms with van der Waals surface area (Å²) < 4.78 is 38.2. The number of carboxylic acid groups (broad SMARTS) is 1. The number of alkyl halides is 2. The van der Waals surface area contributed by atoms with Gasteiger partial charge in [-0.25, -0.2) is 0 Å². The second-order valence-corrected chi connectivity index (χ2v) is 7.16. The molecule has 0 unspecified atom stereocenters. The fourth-order valence-electron chi connectivity index (χ4n) is 1.13. The van der Waals surface area contributed by atoms with Gasteiger partial charge >= 0.3 is 5.92 Å². The largest absolute Gasteiger partial charge is 0.544 e. The fraction of sp³-hybridized carbons (Fsp3) is 0.364. The standard InChI is InChI=1S/C11H9F2I3O4/c12-11(13,10(17)18)5-19-1-2-20-9-7(15)3-6(14)4-8(9)16/h3-4H,1-2,5H2,(H,17,18)/p-1. The van der Waals surface area contributed by atoms with Crippen LogP contribution in [-0.2, 0) is 9.53 Å². The van der Waals surface area contributed by atoms with Crippen molar-refractivity contribution in [3.05, 3.63) is 22.8 Å². The number of benzene rings is 1. The second kappa shape index (κ2) is 8.22. The Bertz CT molecular complexity index is 474. The summed E-state index contributed by atoms with van der Waals surface area (Å²) in [5, 5.41) is 10.1. The van der Waals surface area contributed by atoms with Crippen molar-refractivity contribution in [3.8, 4) is 5.75 Å². The summed E-state index contributed by atoms with van der Waals surface area (Å²) in [6.45, 7) is -1.31. The quantitative estimate of drug-likeness (QED) is 0.346. The van der Waals surface area contributed by atoms with Crippen molar-refractivity contribution in [2.45, 2.75) is 5.92 Å². The smallest absolute Gasteiger partial charge is 0.309 e. The lowest BCUT2D eigenvalue weighted by molar-refractivity contribution is -0.332. The minimum atomic E-state index is -3.98. The highest BCUT2D eigenvalue weighted by Crippen LogP contribution is 2.29. The number of halogens is 5. The van der Waals surface area contributed by atoms with E-state index in [-0.39, 0.29) is 13.2 Å². The van der Waals surface area contributed by atoms with E-state index in [0.717, 1.165) is 10.7 Å². The lowest BCUT2D eigenvalue weighted by atomic mass is 10.3. The van der Waals surface area contributed by atoms with Gasteiger partial charge in [0.1, 0.15) is 24.9 Å². The van der Waals surface area contributed by atoms with Crippen LogP contribution in [0.15, 0.2) is 12.1 Å². The first-order chi connectivity index (χ1) is 9.24. The minimum Gasteiger partial charge on any atom is -0.544 e. The first-order valence-corrected chi connectivity index (χ1v) is 8.42. The van der Waals surface area contributed by atoms with E-state index in [1.165, 1.54) is 0 Å². The van der Waals surface area contributed by atoms with Crippen LogP contribution in [0.5, 0.6) is 5.75 Å². The fourth-order valence-corrected chi connectivity index (χ4v) is 5.02. The van der Waals surface area contributed by atoms with Crippen LogP contribution in [0.2, 0.25) is 0 Å². The van der Waals surface area contributed by atoms with Gasteiger partial charge in [0.15, 0.2) is 0 Å². The normalized spacial score (nSPS) is 11.4. The number of hydrogen-bond donors (Lipinski definition) is 0. The van der Waals surface area contributed by atoms with Crippen LogP contribution in [0.4, 0.5) is 8.78 Å². The second-order valence-electron chi connectivity index (χ2n) is 3.59. The first-order valence-electron chi connectivity index (χ1n) is 5.18. The molecule has 0 N–H and O–H groups in total. The number of rotatable bonds is 7. The van der Waals surface area contributed by atoms with Crippen molar-refractivity contribution in [1.82, 2.24) is 0 Å². The molecule has 1 aromatic rings. The molecule has 0 bridgehead atoms. The third-order valence-electron chi connectivity index (χ3n) is 2.02. The van der Waals surface area contributed by atoms with Crippen LogP contribution in [0, 0.1) is 10.7 Å². The zero-order valence-corrected chi connectivity index (χ0v) is 16.3. The third-order valence-corrected chi connectivity index (χ3v) is 4.24. The molecule has 20 heavy (non-hydrogen) atoms. The van der Waals surface area contributed by atoms with Gasteiger partial charge in [-0.2, -0.15) is 8.78 Å². The van der Waals surface area contributed by atoms with Gasteiger partial charge in [0.05, 0.1) is 13.7 Å². The van der Waals surface area contributed by atoms with E-state index in [2.05, 4.69) is 72.5 Å². The molecule has 0 amide bonds. The van der Waals surface area contributed by atoms with Crippen LogP contribution < -0.4 is 9.84 Å². The number of hydrogen-bond acceptors (Lipinski definition) is 4. The zero-order chi connectivity index (χ0) is 15.3. The molecule has 0 spiro atoms. The van der Waals surface area contributed by atoms with Crippen molar-refractivity contribution in [3.63, 3.8) is 0 Å². The van der Waals surface area contributed by atoms with Crippen LogP contribution in [0.25, 0.3) is 0 Å². The van der Waals surface area contributed by atoms with Gasteiger partial charge in [0.2, 0.25) is 0 Å². The van der Waals surface area contributed by atoms with Crippen LogP contribution in [0.1, 0.15) is 0 Å². The maximum absolute atomic E-state index is 12.6. The molecule has 0 heterocycles. The summed E-state index contributed by atoms with van der Waals surface area (Å²) in [5.41, 5.74) is 0. The highest BCUT2D eigenvalue weighted by molar-refractivity contribution is 14.1. The van der Waals surface area contributed by atoms with Gasteiger partial charge in [-0.05, 0) is 79.9 Å². The monoisotopic (exact) mass is 623 g/mol. The molecule has 0 saturated carbocycles. The molecule has 9 heteroatoms. The maximum atomic E-state index is 12.6. The van der Waals surface area contributed by atoms with E-state index in [1.807, 2.05) is 12.1 Å². The van der Waals surface area contributed by atoms with Crippen molar-refractivity contribution in [2.24, 2.45) is 0 Å². The molecule has 0 aliphatic heterocycles. The maximum Gasteiger partial charge on any atom is 0.309 e. The number of carboxylic acids is 1. The van der Waals surface area contributed by atoms with Crippen LogP contribution in [-0.4, -0.2) is 31.7 Å². The molecule has 1 rings (SSSR count). The summed E-state index contributed by atoms with van der Waals surface area (Å²) in [6.07, 6.45) is 0. The lowest BCUT2D eigenvalue weighted by Crippen LogP contribution is -2.44. The number of aliphatic carboxylic acids is 1. The van der Waals surface area contributed by atoms with E-state index in [9.17, 15) is 18.7 Å². The lowest BCUT2D eigenvalue weighted by Gasteiger charge is -2.17. The summed E-state index contributed by atoms with van der Waals surface area (Å²) in [6, 6.07) is 3.84. The Labute approximate surface area is 155 Å². The predicted molar refractivity (Wildman–Crippen MR) is 90.9 cm³/mol. The van der Waals surface area contributed by atoms with E-state index in [4.69, 9.17) is 4.74 Å².